The maximum Gasteiger partial charge on any atom is 0.416 e. The number of primary amides is 2. The summed E-state index contributed by atoms with van der Waals surface area (Å²) in [5.41, 5.74) is 8.81. The minimum atomic E-state index is -4.68. The van der Waals surface area contributed by atoms with Crippen molar-refractivity contribution in [3.63, 3.8) is 0 Å². The normalized spacial score (nSPS) is 16.7. The quantitative estimate of drug-likeness (QED) is 0.173. The SMILES string of the molecule is Cl.NC(=O)c1ccc(S(=O)(=O)N(Cc2ccc(C(F)(F)F)cc2)[C@H]2CNC[C@@H]2N(Cc2ccc(C(F)(F)F)cc2)S(=O)(=O)c2ccc(C(N)=O)cc2)cc1. The molecule has 5 rings (SSSR count). The Labute approximate surface area is 312 Å². The highest BCUT2D eigenvalue weighted by Crippen LogP contribution is 2.34. The van der Waals surface area contributed by atoms with Crippen LogP contribution < -0.4 is 16.8 Å². The van der Waals surface area contributed by atoms with E-state index in [1.807, 2.05) is 0 Å². The molecule has 0 radical (unpaired) electrons. The molecule has 54 heavy (non-hydrogen) atoms. The first-order chi connectivity index (χ1) is 24.7. The van der Waals surface area contributed by atoms with Crippen molar-refractivity contribution in [3.8, 4) is 0 Å². The standard InChI is InChI=1S/C34H31F6N5O6S2.ClH/c35-33(36,37)25-9-1-21(2-10-25)19-44(52(48,49)27-13-5-23(6-14-27)31(41)46)29-17-43-18-30(29)45(20-22-3-11-26(12-4-22)34(38,39)40)53(50,51)28-15-7-24(8-16-28)32(42)47;/h1-16,29-30,43H,17-20H2,(H2,41,46)(H2,42,47);1H/t29-,30-;/m0./s1. The van der Waals surface area contributed by atoms with Crippen LogP contribution in [0.1, 0.15) is 43.0 Å². The number of hydrogen-bond donors (Lipinski definition) is 3. The fourth-order valence-electron chi connectivity index (χ4n) is 5.81. The van der Waals surface area contributed by atoms with Gasteiger partial charge in [-0.3, -0.25) is 9.59 Å². The zero-order chi connectivity index (χ0) is 38.9. The van der Waals surface area contributed by atoms with Crippen molar-refractivity contribution in [2.24, 2.45) is 11.5 Å². The van der Waals surface area contributed by atoms with Gasteiger partial charge in [-0.25, -0.2) is 16.8 Å². The van der Waals surface area contributed by atoms with Crippen LogP contribution in [0.4, 0.5) is 26.3 Å². The second-order valence-electron chi connectivity index (χ2n) is 12.1. The molecule has 1 saturated heterocycles. The van der Waals surface area contributed by atoms with E-state index in [-0.39, 0.29) is 57.5 Å². The summed E-state index contributed by atoms with van der Waals surface area (Å²) in [4.78, 5) is 22.7. The first kappa shape index (κ1) is 42.2. The summed E-state index contributed by atoms with van der Waals surface area (Å²) in [6.07, 6.45) is -9.37. The molecular weight excluding hydrogens is 788 g/mol. The number of rotatable bonds is 12. The number of hydrogen-bond acceptors (Lipinski definition) is 7. The molecule has 2 amide bonds. The van der Waals surface area contributed by atoms with E-state index in [1.54, 1.807) is 0 Å². The number of carbonyl (C=O) groups excluding carboxylic acids is 2. The zero-order valence-electron chi connectivity index (χ0n) is 27.7. The molecule has 1 heterocycles. The van der Waals surface area contributed by atoms with Crippen molar-refractivity contribution in [2.45, 2.75) is 47.3 Å². The highest BCUT2D eigenvalue weighted by molar-refractivity contribution is 7.89. The van der Waals surface area contributed by atoms with Crippen LogP contribution in [0.25, 0.3) is 0 Å². The van der Waals surface area contributed by atoms with Crippen LogP contribution in [-0.2, 0) is 45.5 Å². The summed E-state index contributed by atoms with van der Waals surface area (Å²) < 4.78 is 140. The number of nitrogens with zero attached hydrogens (tertiary/aromatic N) is 2. The molecule has 1 aliphatic rings. The number of benzene rings is 4. The molecule has 1 aliphatic heterocycles. The Morgan fingerprint density at radius 1 is 0.574 bits per heavy atom. The van der Waals surface area contributed by atoms with E-state index in [0.717, 1.165) is 106 Å². The fourth-order valence-corrected chi connectivity index (χ4v) is 9.09. The van der Waals surface area contributed by atoms with Gasteiger partial charge >= 0.3 is 12.4 Å². The van der Waals surface area contributed by atoms with Crippen LogP contribution in [0.3, 0.4) is 0 Å². The molecular formula is C34H32ClF6N5O6S2. The molecule has 0 saturated carbocycles. The third-order valence-electron chi connectivity index (χ3n) is 8.62. The average Bonchev–Trinajstić information content (AvgIpc) is 3.58. The highest BCUT2D eigenvalue weighted by atomic mass is 35.5. The molecule has 0 spiro atoms. The number of alkyl halides is 6. The third kappa shape index (κ3) is 9.22. The van der Waals surface area contributed by atoms with Crippen LogP contribution in [0, 0.1) is 0 Å². The Morgan fingerprint density at radius 3 is 1.13 bits per heavy atom. The van der Waals surface area contributed by atoms with Crippen molar-refractivity contribution in [1.82, 2.24) is 13.9 Å². The van der Waals surface area contributed by atoms with Gasteiger partial charge in [0.2, 0.25) is 31.9 Å². The van der Waals surface area contributed by atoms with Crippen LogP contribution >= 0.6 is 12.4 Å². The lowest BCUT2D eigenvalue weighted by Gasteiger charge is -2.37. The van der Waals surface area contributed by atoms with Crippen molar-refractivity contribution in [3.05, 3.63) is 130 Å². The van der Waals surface area contributed by atoms with Crippen molar-refractivity contribution in [1.29, 1.82) is 0 Å². The van der Waals surface area contributed by atoms with Gasteiger partial charge < -0.3 is 16.8 Å². The smallest absolute Gasteiger partial charge is 0.366 e. The van der Waals surface area contributed by atoms with Crippen molar-refractivity contribution < 1.29 is 52.8 Å². The molecule has 2 atom stereocenters. The topological polar surface area (TPSA) is 173 Å². The zero-order valence-corrected chi connectivity index (χ0v) is 30.2. The van der Waals surface area contributed by atoms with Gasteiger partial charge in [0.15, 0.2) is 0 Å². The maximum absolute atomic E-state index is 14.4. The van der Waals surface area contributed by atoms with E-state index < -0.39 is 80.5 Å². The van der Waals surface area contributed by atoms with E-state index in [9.17, 15) is 52.8 Å². The lowest BCUT2D eigenvalue weighted by Crippen LogP contribution is -2.54. The summed E-state index contributed by atoms with van der Waals surface area (Å²) >= 11 is 0. The lowest BCUT2D eigenvalue weighted by atomic mass is 10.1. The predicted molar refractivity (Wildman–Crippen MR) is 186 cm³/mol. The fraction of sp³-hybridized carbons (Fsp3) is 0.235. The Hall–Kier alpha value is -4.53. The van der Waals surface area contributed by atoms with E-state index in [1.165, 1.54) is 0 Å². The average molecular weight is 820 g/mol. The van der Waals surface area contributed by atoms with Gasteiger partial charge in [-0.1, -0.05) is 24.3 Å². The summed E-state index contributed by atoms with van der Waals surface area (Å²) in [7, 11) is -9.26. The Morgan fingerprint density at radius 2 is 0.870 bits per heavy atom. The highest BCUT2D eigenvalue weighted by Gasteiger charge is 2.46. The molecule has 4 aromatic carbocycles. The van der Waals surface area contributed by atoms with E-state index in [4.69, 9.17) is 11.5 Å². The van der Waals surface area contributed by atoms with Gasteiger partial charge in [0.05, 0.1) is 33.0 Å². The van der Waals surface area contributed by atoms with E-state index in [2.05, 4.69) is 5.32 Å². The van der Waals surface area contributed by atoms with Crippen LogP contribution in [0.2, 0.25) is 0 Å². The number of halogens is 7. The Bertz CT molecular complexity index is 2030. The molecule has 290 valence electrons. The predicted octanol–water partition coefficient (Wildman–Crippen LogP) is 4.77. The number of nitrogens with two attached hydrogens (primary N) is 2. The minimum absolute atomic E-state index is 0. The van der Waals surface area contributed by atoms with Crippen molar-refractivity contribution >= 4 is 44.3 Å². The monoisotopic (exact) mass is 819 g/mol. The molecule has 1 fully saturated rings. The van der Waals surface area contributed by atoms with Crippen LogP contribution in [-0.4, -0.2) is 62.4 Å². The number of sulfonamides is 2. The van der Waals surface area contributed by atoms with Gasteiger partial charge in [-0.15, -0.1) is 12.4 Å². The van der Waals surface area contributed by atoms with E-state index in [0.29, 0.717) is 0 Å². The molecule has 0 unspecified atom stereocenters. The van der Waals surface area contributed by atoms with Gasteiger partial charge in [-0.2, -0.15) is 35.0 Å². The molecule has 0 aliphatic carbocycles. The molecule has 20 heteroatoms. The summed E-state index contributed by atoms with van der Waals surface area (Å²) in [5, 5.41) is 2.98. The molecule has 11 nitrogen and oxygen atoms in total. The van der Waals surface area contributed by atoms with Gasteiger partial charge in [0, 0.05) is 37.3 Å². The molecule has 5 N–H and O–H groups in total. The third-order valence-corrected chi connectivity index (χ3v) is 12.4. The first-order valence-corrected chi connectivity index (χ1v) is 18.4. The molecule has 4 aromatic rings. The summed E-state index contributed by atoms with van der Waals surface area (Å²) in [6.45, 7) is -1.40. The first-order valence-electron chi connectivity index (χ1n) is 15.6. The molecule has 0 aromatic heterocycles. The second kappa shape index (κ2) is 16.1. The lowest BCUT2D eigenvalue weighted by molar-refractivity contribution is -0.138. The second-order valence-corrected chi connectivity index (χ2v) is 15.8. The maximum atomic E-state index is 14.4. The Balaban J connectivity index is 0.00000650. The van der Waals surface area contributed by atoms with Gasteiger partial charge in [0.1, 0.15) is 0 Å². The van der Waals surface area contributed by atoms with Crippen LogP contribution in [0.15, 0.2) is 107 Å². The van der Waals surface area contributed by atoms with Crippen molar-refractivity contribution in [2.75, 3.05) is 13.1 Å². The number of nitrogens with one attached hydrogen (secondary N) is 1. The number of amides is 2. The Kier molecular flexibility index (Phi) is 12.6. The summed E-state index contributed by atoms with van der Waals surface area (Å²) in [6, 6.07) is 13.9. The van der Waals surface area contributed by atoms with Gasteiger partial charge in [0.25, 0.3) is 0 Å². The van der Waals surface area contributed by atoms with Gasteiger partial charge in [-0.05, 0) is 83.9 Å². The summed E-state index contributed by atoms with van der Waals surface area (Å²) in [5.74, 6) is -1.69. The van der Waals surface area contributed by atoms with E-state index >= 15 is 0 Å². The minimum Gasteiger partial charge on any atom is -0.366 e. The van der Waals surface area contributed by atoms with Crippen LogP contribution in [0.5, 0.6) is 0 Å². The largest absolute Gasteiger partial charge is 0.416 e. The number of carbonyl (C=O) groups is 2. The molecule has 0 bridgehead atoms.